The molecule has 0 saturated carbocycles. The maximum Gasteiger partial charge on any atom is 0.0897 e. The summed E-state index contributed by atoms with van der Waals surface area (Å²) in [7, 11) is 1.92. The van der Waals surface area contributed by atoms with Crippen LogP contribution in [0.4, 0.5) is 0 Å². The van der Waals surface area contributed by atoms with E-state index in [9.17, 15) is 5.11 Å². The maximum absolute atomic E-state index is 10.1. The fourth-order valence-corrected chi connectivity index (χ4v) is 2.62. The molecule has 4 nitrogen and oxygen atoms in total. The Labute approximate surface area is 111 Å². The van der Waals surface area contributed by atoms with Crippen molar-refractivity contribution in [2.24, 2.45) is 7.05 Å². The summed E-state index contributed by atoms with van der Waals surface area (Å²) in [6.45, 7) is 4.07. The Morgan fingerprint density at radius 3 is 2.72 bits per heavy atom. The van der Waals surface area contributed by atoms with E-state index in [4.69, 9.17) is 0 Å². The molecule has 0 radical (unpaired) electrons. The van der Waals surface area contributed by atoms with Crippen molar-refractivity contribution in [1.29, 1.82) is 0 Å². The summed E-state index contributed by atoms with van der Waals surface area (Å²) < 4.78 is 1.86. The first-order valence-corrected chi connectivity index (χ1v) is 7.07. The van der Waals surface area contributed by atoms with Crippen LogP contribution in [0.25, 0.3) is 0 Å². The molecule has 98 valence electrons. The zero-order chi connectivity index (χ0) is 13.1. The van der Waals surface area contributed by atoms with Crippen molar-refractivity contribution in [2.75, 3.05) is 0 Å². The van der Waals surface area contributed by atoms with Crippen LogP contribution in [0.1, 0.15) is 29.0 Å². The fraction of sp³-hybridized carbons (Fsp3) is 0.538. The Hall–Kier alpha value is -1.20. The zero-order valence-corrected chi connectivity index (χ0v) is 11.9. The number of aliphatic hydroxyl groups excluding tert-OH is 1. The van der Waals surface area contributed by atoms with Gasteiger partial charge in [0.05, 0.1) is 22.5 Å². The largest absolute Gasteiger partial charge is 0.392 e. The maximum atomic E-state index is 10.1. The summed E-state index contributed by atoms with van der Waals surface area (Å²) >= 11 is 1.62. The molecular weight excluding hydrogens is 246 g/mol. The minimum Gasteiger partial charge on any atom is -0.392 e. The van der Waals surface area contributed by atoms with E-state index in [0.717, 1.165) is 28.5 Å². The number of aromatic nitrogens is 3. The van der Waals surface area contributed by atoms with Gasteiger partial charge >= 0.3 is 0 Å². The van der Waals surface area contributed by atoms with Gasteiger partial charge in [0.2, 0.25) is 0 Å². The van der Waals surface area contributed by atoms with Crippen molar-refractivity contribution >= 4 is 11.3 Å². The lowest BCUT2D eigenvalue weighted by atomic mass is 10.1. The third kappa shape index (κ3) is 3.17. The van der Waals surface area contributed by atoms with Crippen molar-refractivity contribution in [3.63, 3.8) is 0 Å². The molecule has 2 aromatic rings. The fourth-order valence-electron chi connectivity index (χ4n) is 1.99. The lowest BCUT2D eigenvalue weighted by Gasteiger charge is -2.08. The minimum atomic E-state index is -0.397. The average Bonchev–Trinajstić information content (AvgIpc) is 2.86. The lowest BCUT2D eigenvalue weighted by molar-refractivity contribution is 0.172. The van der Waals surface area contributed by atoms with E-state index in [1.807, 2.05) is 24.0 Å². The number of nitrogens with zero attached hydrogens (tertiary/aromatic N) is 3. The highest BCUT2D eigenvalue weighted by Crippen LogP contribution is 2.13. The van der Waals surface area contributed by atoms with Crippen LogP contribution in [0.5, 0.6) is 0 Å². The van der Waals surface area contributed by atoms with Crippen molar-refractivity contribution < 1.29 is 5.11 Å². The first-order valence-electron chi connectivity index (χ1n) is 6.19. The van der Waals surface area contributed by atoms with E-state index in [0.29, 0.717) is 12.8 Å². The molecule has 0 amide bonds. The van der Waals surface area contributed by atoms with Crippen LogP contribution < -0.4 is 0 Å². The van der Waals surface area contributed by atoms with Crippen molar-refractivity contribution in [2.45, 2.75) is 39.2 Å². The highest BCUT2D eigenvalue weighted by Gasteiger charge is 2.12. The predicted octanol–water partition coefficient (Wildman–Crippen LogP) is 1.89. The molecule has 1 unspecified atom stereocenters. The molecule has 0 spiro atoms. The first-order chi connectivity index (χ1) is 8.58. The average molecular weight is 265 g/mol. The Kier molecular flexibility index (Phi) is 4.14. The number of hydrogen-bond acceptors (Lipinski definition) is 4. The molecule has 5 heteroatoms. The molecule has 1 N–H and O–H groups in total. The van der Waals surface area contributed by atoms with E-state index in [1.165, 1.54) is 0 Å². The van der Waals surface area contributed by atoms with Gasteiger partial charge in [-0.1, -0.05) is 6.92 Å². The number of aliphatic hydroxyl groups is 1. The summed E-state index contributed by atoms with van der Waals surface area (Å²) in [5, 5.41) is 17.5. The molecule has 0 aromatic carbocycles. The summed E-state index contributed by atoms with van der Waals surface area (Å²) in [5.41, 5.74) is 3.12. The molecule has 2 aromatic heterocycles. The predicted molar refractivity (Wildman–Crippen MR) is 72.9 cm³/mol. The first kappa shape index (κ1) is 13.2. The van der Waals surface area contributed by atoms with Crippen molar-refractivity contribution in [3.8, 4) is 0 Å². The molecule has 2 rings (SSSR count). The molecule has 18 heavy (non-hydrogen) atoms. The molecule has 0 aliphatic carbocycles. The molecule has 0 aliphatic rings. The SMILES string of the molecule is CCc1cc(CC(O)Cc2csc(C)n2)n(C)n1. The molecule has 0 saturated heterocycles. The van der Waals surface area contributed by atoms with Gasteiger partial charge < -0.3 is 5.11 Å². The number of hydrogen-bond donors (Lipinski definition) is 1. The molecule has 0 fully saturated rings. The summed E-state index contributed by atoms with van der Waals surface area (Å²) in [6, 6.07) is 2.06. The Bertz CT molecular complexity index is 518. The van der Waals surface area contributed by atoms with Crippen LogP contribution in [0.2, 0.25) is 0 Å². The molecule has 0 bridgehead atoms. The summed E-state index contributed by atoms with van der Waals surface area (Å²) in [6.07, 6.45) is 1.76. The summed E-state index contributed by atoms with van der Waals surface area (Å²) in [4.78, 5) is 4.37. The zero-order valence-electron chi connectivity index (χ0n) is 11.1. The smallest absolute Gasteiger partial charge is 0.0897 e. The molecule has 1 atom stereocenters. The second kappa shape index (κ2) is 5.63. The van der Waals surface area contributed by atoms with Crippen LogP contribution >= 0.6 is 11.3 Å². The molecular formula is C13H19N3OS. The van der Waals surface area contributed by atoms with Crippen LogP contribution in [0, 0.1) is 6.92 Å². The lowest BCUT2D eigenvalue weighted by Crippen LogP contribution is -2.16. The number of rotatable bonds is 5. The van der Waals surface area contributed by atoms with Gasteiger partial charge in [-0.2, -0.15) is 5.10 Å². The van der Waals surface area contributed by atoms with Gasteiger partial charge in [0.15, 0.2) is 0 Å². The van der Waals surface area contributed by atoms with Crippen LogP contribution in [0.15, 0.2) is 11.4 Å². The minimum absolute atomic E-state index is 0.397. The van der Waals surface area contributed by atoms with Gasteiger partial charge in [-0.3, -0.25) is 4.68 Å². The monoisotopic (exact) mass is 265 g/mol. The third-order valence-electron chi connectivity index (χ3n) is 2.95. The Morgan fingerprint density at radius 1 is 1.39 bits per heavy atom. The highest BCUT2D eigenvalue weighted by atomic mass is 32.1. The Balaban J connectivity index is 1.98. The second-order valence-corrected chi connectivity index (χ2v) is 5.59. The molecule has 2 heterocycles. The van der Waals surface area contributed by atoms with Gasteiger partial charge in [-0.05, 0) is 19.4 Å². The van der Waals surface area contributed by atoms with Gasteiger partial charge in [-0.25, -0.2) is 4.98 Å². The van der Waals surface area contributed by atoms with Gasteiger partial charge in [-0.15, -0.1) is 11.3 Å². The van der Waals surface area contributed by atoms with Gasteiger partial charge in [0.1, 0.15) is 0 Å². The van der Waals surface area contributed by atoms with E-state index >= 15 is 0 Å². The van der Waals surface area contributed by atoms with E-state index < -0.39 is 6.10 Å². The van der Waals surface area contributed by atoms with Crippen molar-refractivity contribution in [1.82, 2.24) is 14.8 Å². The quantitative estimate of drug-likeness (QED) is 0.898. The normalized spacial score (nSPS) is 12.9. The van der Waals surface area contributed by atoms with E-state index in [1.54, 1.807) is 11.3 Å². The Morgan fingerprint density at radius 2 is 2.17 bits per heavy atom. The number of thiazole rings is 1. The molecule has 0 aliphatic heterocycles. The highest BCUT2D eigenvalue weighted by molar-refractivity contribution is 7.09. The summed E-state index contributed by atoms with van der Waals surface area (Å²) in [5.74, 6) is 0. The van der Waals surface area contributed by atoms with Gasteiger partial charge in [0.25, 0.3) is 0 Å². The van der Waals surface area contributed by atoms with Crippen molar-refractivity contribution in [3.05, 3.63) is 33.5 Å². The van der Waals surface area contributed by atoms with Crippen LogP contribution in [0.3, 0.4) is 0 Å². The number of aryl methyl sites for hydroxylation is 3. The van der Waals surface area contributed by atoms with Crippen LogP contribution in [-0.2, 0) is 26.3 Å². The third-order valence-corrected chi connectivity index (χ3v) is 3.77. The topological polar surface area (TPSA) is 50.9 Å². The van der Waals surface area contributed by atoms with Gasteiger partial charge in [0, 0.05) is 31.0 Å². The standard InChI is InChI=1S/C13H19N3OS/c1-4-10-5-12(16(3)15-10)7-13(17)6-11-8-18-9(2)14-11/h5,8,13,17H,4,6-7H2,1-3H3. The van der Waals surface area contributed by atoms with Crippen LogP contribution in [-0.4, -0.2) is 26.0 Å². The van der Waals surface area contributed by atoms with E-state index in [-0.39, 0.29) is 0 Å². The van der Waals surface area contributed by atoms with E-state index in [2.05, 4.69) is 23.1 Å². The second-order valence-electron chi connectivity index (χ2n) is 4.52.